The molecule has 0 radical (unpaired) electrons. The molecule has 0 aliphatic carbocycles. The van der Waals surface area contributed by atoms with E-state index in [1.54, 1.807) is 0 Å². The molecule has 1 fully saturated rings. The summed E-state index contributed by atoms with van der Waals surface area (Å²) in [4.78, 5) is 13.2. The van der Waals surface area contributed by atoms with Gasteiger partial charge in [-0.25, -0.2) is 9.69 Å². The number of cyclic esters (lactones) is 1. The smallest absolute Gasteiger partial charge is 0.422 e. The second-order valence-corrected chi connectivity index (χ2v) is 4.48. The van der Waals surface area contributed by atoms with Crippen LogP contribution in [-0.2, 0) is 4.74 Å². The topological polar surface area (TPSA) is 29.5 Å². The molecule has 0 unspecified atom stereocenters. The number of hydrogen-bond donors (Lipinski definition) is 0. The molecular formula is C17H13NO2. The first kappa shape index (κ1) is 12.3. The molecule has 0 bridgehead atoms. The van der Waals surface area contributed by atoms with Gasteiger partial charge >= 0.3 is 6.09 Å². The third-order valence-electron chi connectivity index (χ3n) is 3.15. The molecule has 1 aliphatic heterocycles. The van der Waals surface area contributed by atoms with E-state index in [1.165, 1.54) is 4.90 Å². The Morgan fingerprint density at radius 1 is 1.00 bits per heavy atom. The maximum absolute atomic E-state index is 11.8. The minimum absolute atomic E-state index is 0.139. The van der Waals surface area contributed by atoms with Crippen molar-refractivity contribution in [3.05, 3.63) is 71.8 Å². The summed E-state index contributed by atoms with van der Waals surface area (Å²) in [7, 11) is 0. The van der Waals surface area contributed by atoms with Crippen molar-refractivity contribution in [1.82, 2.24) is 4.90 Å². The van der Waals surface area contributed by atoms with Crippen LogP contribution in [0.15, 0.2) is 60.7 Å². The SMILES string of the molecule is O=C1OC[C@H](c2ccccc2)N1C#Cc1ccccc1. The number of ether oxygens (including phenoxy) is 1. The third kappa shape index (κ3) is 2.50. The van der Waals surface area contributed by atoms with Gasteiger partial charge in [-0.3, -0.25) is 0 Å². The minimum atomic E-state index is -0.387. The number of carbonyl (C=O) groups is 1. The molecule has 2 aromatic carbocycles. The molecule has 1 saturated heterocycles. The summed E-state index contributed by atoms with van der Waals surface area (Å²) in [6.45, 7) is 0.340. The van der Waals surface area contributed by atoms with E-state index in [4.69, 9.17) is 4.74 Å². The van der Waals surface area contributed by atoms with Gasteiger partial charge in [0.1, 0.15) is 12.6 Å². The van der Waals surface area contributed by atoms with Gasteiger partial charge in [0.05, 0.1) is 0 Å². The summed E-state index contributed by atoms with van der Waals surface area (Å²) in [5.41, 5.74) is 1.90. The molecule has 20 heavy (non-hydrogen) atoms. The molecule has 1 atom stereocenters. The van der Waals surface area contributed by atoms with Crippen molar-refractivity contribution in [3.8, 4) is 12.0 Å². The summed E-state index contributed by atoms with van der Waals surface area (Å²) in [5.74, 6) is 2.99. The summed E-state index contributed by atoms with van der Waals surface area (Å²) in [5, 5.41) is 0. The van der Waals surface area contributed by atoms with Crippen LogP contribution in [0.25, 0.3) is 0 Å². The van der Waals surface area contributed by atoms with Crippen molar-refractivity contribution in [1.29, 1.82) is 0 Å². The summed E-state index contributed by atoms with van der Waals surface area (Å²) >= 11 is 0. The van der Waals surface area contributed by atoms with Gasteiger partial charge in [-0.1, -0.05) is 48.5 Å². The normalized spacial score (nSPS) is 17.3. The Kier molecular flexibility index (Phi) is 3.38. The zero-order valence-electron chi connectivity index (χ0n) is 10.8. The standard InChI is InChI=1S/C17H13NO2/c19-17-18(12-11-14-7-3-1-4-8-14)16(13-20-17)15-9-5-2-6-10-15/h1-10,16H,13H2/t16-/m1/s1. The van der Waals surface area contributed by atoms with Crippen molar-refractivity contribution in [2.75, 3.05) is 6.61 Å². The molecule has 0 aromatic heterocycles. The van der Waals surface area contributed by atoms with E-state index in [9.17, 15) is 4.79 Å². The van der Waals surface area contributed by atoms with E-state index in [-0.39, 0.29) is 12.1 Å². The van der Waals surface area contributed by atoms with E-state index in [1.807, 2.05) is 60.7 Å². The molecule has 2 aromatic rings. The number of hydrogen-bond acceptors (Lipinski definition) is 2. The van der Waals surface area contributed by atoms with Gasteiger partial charge in [-0.05, 0) is 23.6 Å². The van der Waals surface area contributed by atoms with Crippen LogP contribution in [-0.4, -0.2) is 17.6 Å². The van der Waals surface area contributed by atoms with E-state index in [0.29, 0.717) is 6.61 Å². The maximum atomic E-state index is 11.8. The van der Waals surface area contributed by atoms with E-state index in [0.717, 1.165) is 11.1 Å². The Balaban J connectivity index is 1.87. The Bertz CT molecular complexity index is 656. The van der Waals surface area contributed by atoms with Gasteiger partial charge in [0.2, 0.25) is 0 Å². The van der Waals surface area contributed by atoms with Gasteiger partial charge in [-0.2, -0.15) is 0 Å². The van der Waals surface area contributed by atoms with Crippen LogP contribution < -0.4 is 0 Å². The van der Waals surface area contributed by atoms with Crippen molar-refractivity contribution in [3.63, 3.8) is 0 Å². The second kappa shape index (κ2) is 5.50. The molecule has 98 valence electrons. The highest BCUT2D eigenvalue weighted by molar-refractivity contribution is 5.73. The van der Waals surface area contributed by atoms with Crippen LogP contribution >= 0.6 is 0 Å². The quantitative estimate of drug-likeness (QED) is 0.739. The highest BCUT2D eigenvalue weighted by Crippen LogP contribution is 2.26. The van der Waals surface area contributed by atoms with Crippen molar-refractivity contribution >= 4 is 6.09 Å². The van der Waals surface area contributed by atoms with Crippen molar-refractivity contribution in [2.24, 2.45) is 0 Å². The maximum Gasteiger partial charge on any atom is 0.422 e. The van der Waals surface area contributed by atoms with Crippen LogP contribution in [0, 0.1) is 12.0 Å². The first-order valence-electron chi connectivity index (χ1n) is 6.42. The lowest BCUT2D eigenvalue weighted by molar-refractivity contribution is 0.167. The van der Waals surface area contributed by atoms with Crippen LogP contribution in [0.5, 0.6) is 0 Å². The molecule has 0 saturated carbocycles. The van der Waals surface area contributed by atoms with Crippen molar-refractivity contribution < 1.29 is 9.53 Å². The fourth-order valence-corrected chi connectivity index (χ4v) is 2.11. The Hall–Kier alpha value is -2.73. The largest absolute Gasteiger partial charge is 0.446 e. The van der Waals surface area contributed by atoms with Gasteiger partial charge in [0, 0.05) is 11.6 Å². The molecule has 0 spiro atoms. The highest BCUT2D eigenvalue weighted by Gasteiger charge is 2.33. The van der Waals surface area contributed by atoms with E-state index >= 15 is 0 Å². The average Bonchev–Trinajstić information content (AvgIpc) is 2.88. The summed E-state index contributed by atoms with van der Waals surface area (Å²) in [6.07, 6.45) is -0.387. The fraction of sp³-hybridized carbons (Fsp3) is 0.118. The molecular weight excluding hydrogens is 250 g/mol. The molecule has 0 N–H and O–H groups in total. The van der Waals surface area contributed by atoms with Crippen LogP contribution in [0.4, 0.5) is 4.79 Å². The van der Waals surface area contributed by atoms with Crippen LogP contribution in [0.2, 0.25) is 0 Å². The monoisotopic (exact) mass is 263 g/mol. The number of carbonyl (C=O) groups excluding carboxylic acids is 1. The molecule has 3 rings (SSSR count). The lowest BCUT2D eigenvalue weighted by Gasteiger charge is -2.14. The third-order valence-corrected chi connectivity index (χ3v) is 3.15. The zero-order valence-corrected chi connectivity index (χ0v) is 10.8. The summed E-state index contributed by atoms with van der Waals surface area (Å²) < 4.78 is 5.11. The van der Waals surface area contributed by atoms with Gasteiger partial charge in [0.25, 0.3) is 0 Å². The predicted octanol–water partition coefficient (Wildman–Crippen LogP) is 3.19. The number of benzene rings is 2. The minimum Gasteiger partial charge on any atom is -0.446 e. The fourth-order valence-electron chi connectivity index (χ4n) is 2.11. The lowest BCUT2D eigenvalue weighted by atomic mass is 10.1. The van der Waals surface area contributed by atoms with E-state index < -0.39 is 0 Å². The van der Waals surface area contributed by atoms with Crippen LogP contribution in [0.1, 0.15) is 17.2 Å². The first-order chi connectivity index (χ1) is 9.84. The molecule has 3 nitrogen and oxygen atoms in total. The molecule has 1 heterocycles. The van der Waals surface area contributed by atoms with E-state index in [2.05, 4.69) is 12.0 Å². The molecule has 1 aliphatic rings. The molecule has 3 heteroatoms. The number of amides is 1. The average molecular weight is 263 g/mol. The lowest BCUT2D eigenvalue weighted by Crippen LogP contribution is -2.22. The zero-order chi connectivity index (χ0) is 13.8. The number of nitrogens with zero attached hydrogens (tertiary/aromatic N) is 1. The first-order valence-corrected chi connectivity index (χ1v) is 6.42. The molecule has 1 amide bonds. The highest BCUT2D eigenvalue weighted by atomic mass is 16.6. The van der Waals surface area contributed by atoms with Gasteiger partial charge in [-0.15, -0.1) is 0 Å². The Labute approximate surface area is 117 Å². The number of rotatable bonds is 1. The van der Waals surface area contributed by atoms with Gasteiger partial charge in [0.15, 0.2) is 0 Å². The second-order valence-electron chi connectivity index (χ2n) is 4.48. The van der Waals surface area contributed by atoms with Gasteiger partial charge < -0.3 is 4.74 Å². The van der Waals surface area contributed by atoms with Crippen LogP contribution in [0.3, 0.4) is 0 Å². The summed E-state index contributed by atoms with van der Waals surface area (Å²) in [6, 6.07) is 22.1. The Morgan fingerprint density at radius 3 is 2.35 bits per heavy atom. The Morgan fingerprint density at radius 2 is 1.65 bits per heavy atom. The van der Waals surface area contributed by atoms with Crippen molar-refractivity contribution in [2.45, 2.75) is 6.04 Å². The predicted molar refractivity (Wildman–Crippen MR) is 75.7 cm³/mol.